The Morgan fingerprint density at radius 3 is 2.90 bits per heavy atom. The minimum Gasteiger partial charge on any atom is -0.489 e. The van der Waals surface area contributed by atoms with Crippen LogP contribution in [0.1, 0.15) is 23.7 Å². The van der Waals surface area contributed by atoms with E-state index in [0.29, 0.717) is 13.0 Å². The van der Waals surface area contributed by atoms with Crippen molar-refractivity contribution in [2.45, 2.75) is 13.3 Å². The maximum absolute atomic E-state index is 12.2. The van der Waals surface area contributed by atoms with E-state index < -0.39 is 16.2 Å². The van der Waals surface area contributed by atoms with Gasteiger partial charge in [-0.2, -0.15) is 13.1 Å². The Morgan fingerprint density at radius 2 is 2.25 bits per heavy atom. The van der Waals surface area contributed by atoms with Crippen LogP contribution < -0.4 is 13.8 Å². The molecule has 0 aromatic heterocycles. The van der Waals surface area contributed by atoms with Gasteiger partial charge in [-0.15, -0.1) is 0 Å². The first-order valence-corrected chi connectivity index (χ1v) is 7.68. The first kappa shape index (κ1) is 14.6. The smallest absolute Gasteiger partial charge is 0.339 e. The highest BCUT2D eigenvalue weighted by Crippen LogP contribution is 2.36. The van der Waals surface area contributed by atoms with Crippen LogP contribution in [0.25, 0.3) is 0 Å². The Morgan fingerprint density at radius 1 is 1.50 bits per heavy atom. The van der Waals surface area contributed by atoms with Crippen LogP contribution in [0, 0.1) is 0 Å². The monoisotopic (exact) mass is 300 g/mol. The second-order valence-corrected chi connectivity index (χ2v) is 5.96. The van der Waals surface area contributed by atoms with E-state index >= 15 is 0 Å². The topological polar surface area (TPSA) is 95.9 Å². The number of nitrogens with one attached hydrogen (secondary N) is 1. The number of aromatic carboxylic acids is 1. The van der Waals surface area contributed by atoms with Crippen molar-refractivity contribution in [3.8, 4) is 5.75 Å². The van der Waals surface area contributed by atoms with Crippen molar-refractivity contribution in [2.75, 3.05) is 24.0 Å². The highest BCUT2D eigenvalue weighted by atomic mass is 32.2. The van der Waals surface area contributed by atoms with Gasteiger partial charge >= 0.3 is 16.2 Å². The van der Waals surface area contributed by atoms with Crippen LogP contribution in [0.15, 0.2) is 18.2 Å². The second kappa shape index (κ2) is 5.68. The fraction of sp³-hybridized carbons (Fsp3) is 0.417. The number of fused-ring (bicyclic) bond motifs is 1. The van der Waals surface area contributed by atoms with Crippen LogP contribution in [-0.2, 0) is 10.2 Å². The van der Waals surface area contributed by atoms with Crippen LogP contribution in [0.3, 0.4) is 0 Å². The Balaban J connectivity index is 2.43. The summed E-state index contributed by atoms with van der Waals surface area (Å²) < 4.78 is 33.3. The molecule has 0 aliphatic carbocycles. The minimum atomic E-state index is -3.69. The molecular formula is C12H16N2O5S. The van der Waals surface area contributed by atoms with Gasteiger partial charge in [0.1, 0.15) is 12.2 Å². The van der Waals surface area contributed by atoms with E-state index in [9.17, 15) is 13.2 Å². The summed E-state index contributed by atoms with van der Waals surface area (Å²) >= 11 is 0. The highest BCUT2D eigenvalue weighted by molar-refractivity contribution is 7.90. The van der Waals surface area contributed by atoms with Crippen molar-refractivity contribution in [1.29, 1.82) is 0 Å². The molecule has 20 heavy (non-hydrogen) atoms. The predicted octanol–water partition coefficient (Wildman–Crippen LogP) is 0.828. The number of carboxylic acids is 1. The summed E-state index contributed by atoms with van der Waals surface area (Å²) in [6, 6.07) is 4.42. The molecule has 0 atom stereocenters. The molecule has 1 aliphatic rings. The number of ether oxygens (including phenoxy) is 1. The van der Waals surface area contributed by atoms with E-state index in [2.05, 4.69) is 4.72 Å². The summed E-state index contributed by atoms with van der Waals surface area (Å²) in [5, 5.41) is 9.11. The number of rotatable bonds is 5. The number of hydrogen-bond donors (Lipinski definition) is 2. The number of para-hydroxylation sites is 1. The zero-order valence-electron chi connectivity index (χ0n) is 11.0. The normalized spacial score (nSPS) is 14.6. The molecule has 0 amide bonds. The van der Waals surface area contributed by atoms with Gasteiger partial charge in [0.25, 0.3) is 0 Å². The molecular weight excluding hydrogens is 284 g/mol. The predicted molar refractivity (Wildman–Crippen MR) is 73.5 cm³/mol. The summed E-state index contributed by atoms with van der Waals surface area (Å²) in [6.45, 7) is 2.45. The first-order valence-electron chi connectivity index (χ1n) is 6.24. The number of carbonyl (C=O) groups is 1. The Hall–Kier alpha value is -1.80. The van der Waals surface area contributed by atoms with Gasteiger partial charge in [-0.3, -0.25) is 4.31 Å². The van der Waals surface area contributed by atoms with Gasteiger partial charge in [0.05, 0.1) is 12.2 Å². The number of benzene rings is 1. The average molecular weight is 300 g/mol. The van der Waals surface area contributed by atoms with Gasteiger partial charge in [0.15, 0.2) is 5.75 Å². The molecule has 1 aliphatic heterocycles. The Bertz CT molecular complexity index is 614. The maximum atomic E-state index is 12.2. The molecule has 1 aromatic rings. The first-order chi connectivity index (χ1) is 9.47. The lowest BCUT2D eigenvalue weighted by atomic mass is 10.1. The molecule has 0 fully saturated rings. The molecule has 8 heteroatoms. The largest absolute Gasteiger partial charge is 0.489 e. The number of nitrogens with zero attached hydrogens (tertiary/aromatic N) is 1. The van der Waals surface area contributed by atoms with E-state index in [-0.39, 0.29) is 30.2 Å². The van der Waals surface area contributed by atoms with Crippen LogP contribution in [-0.4, -0.2) is 39.2 Å². The number of carboxylic acid groups (broad SMARTS) is 1. The lowest BCUT2D eigenvalue weighted by Gasteiger charge is -2.31. The fourth-order valence-corrected chi connectivity index (χ4v) is 3.29. The summed E-state index contributed by atoms with van der Waals surface area (Å²) in [5.41, 5.74) is 0.206. The molecule has 2 N–H and O–H groups in total. The molecule has 0 unspecified atom stereocenters. The molecule has 0 saturated heterocycles. The Labute approximate surface area is 117 Å². The lowest BCUT2D eigenvalue weighted by Crippen LogP contribution is -2.45. The average Bonchev–Trinajstić information content (AvgIpc) is 2.43. The summed E-state index contributed by atoms with van der Waals surface area (Å²) in [7, 11) is -3.69. The molecule has 1 aromatic carbocycles. The zero-order valence-corrected chi connectivity index (χ0v) is 11.8. The molecule has 110 valence electrons. The molecule has 0 radical (unpaired) electrons. The van der Waals surface area contributed by atoms with Crippen molar-refractivity contribution in [2.24, 2.45) is 0 Å². The van der Waals surface area contributed by atoms with Gasteiger partial charge in [-0.1, -0.05) is 13.0 Å². The minimum absolute atomic E-state index is 0.0436. The third kappa shape index (κ3) is 2.70. The van der Waals surface area contributed by atoms with E-state index in [1.165, 1.54) is 18.2 Å². The third-order valence-electron chi connectivity index (χ3n) is 2.86. The standard InChI is InChI=1S/C12H16N2O5S/c1-2-6-13-20(17,18)14-7-8-19-11-9(12(15)16)4-3-5-10(11)14/h3-5,13H,2,6-8H2,1H3,(H,15,16). The van der Waals surface area contributed by atoms with E-state index in [1.54, 1.807) is 0 Å². The highest BCUT2D eigenvalue weighted by Gasteiger charge is 2.30. The van der Waals surface area contributed by atoms with Crippen LogP contribution >= 0.6 is 0 Å². The summed E-state index contributed by atoms with van der Waals surface area (Å²) in [6.07, 6.45) is 0.672. The number of anilines is 1. The molecule has 2 rings (SSSR count). The van der Waals surface area contributed by atoms with E-state index in [0.717, 1.165) is 4.31 Å². The lowest BCUT2D eigenvalue weighted by molar-refractivity contribution is 0.0692. The van der Waals surface area contributed by atoms with Crippen molar-refractivity contribution >= 4 is 21.9 Å². The third-order valence-corrected chi connectivity index (χ3v) is 4.39. The van der Waals surface area contributed by atoms with Crippen molar-refractivity contribution in [3.05, 3.63) is 23.8 Å². The van der Waals surface area contributed by atoms with E-state index in [4.69, 9.17) is 9.84 Å². The molecule has 0 saturated carbocycles. The van der Waals surface area contributed by atoms with Gasteiger partial charge in [-0.25, -0.2) is 4.79 Å². The quantitative estimate of drug-likeness (QED) is 0.839. The van der Waals surface area contributed by atoms with Crippen LogP contribution in [0.2, 0.25) is 0 Å². The molecule has 7 nitrogen and oxygen atoms in total. The van der Waals surface area contributed by atoms with Crippen molar-refractivity contribution in [1.82, 2.24) is 4.72 Å². The van der Waals surface area contributed by atoms with Gasteiger partial charge in [-0.05, 0) is 18.6 Å². The van der Waals surface area contributed by atoms with Gasteiger partial charge in [0, 0.05) is 6.54 Å². The molecule has 0 spiro atoms. The second-order valence-electron chi connectivity index (χ2n) is 4.28. The van der Waals surface area contributed by atoms with Crippen LogP contribution in [0.5, 0.6) is 5.75 Å². The summed E-state index contributed by atoms with van der Waals surface area (Å²) in [4.78, 5) is 11.1. The SMILES string of the molecule is CCCNS(=O)(=O)N1CCOc2c(C(=O)O)cccc21. The Kier molecular flexibility index (Phi) is 4.15. The maximum Gasteiger partial charge on any atom is 0.339 e. The number of hydrogen-bond acceptors (Lipinski definition) is 4. The zero-order chi connectivity index (χ0) is 14.8. The van der Waals surface area contributed by atoms with Crippen molar-refractivity contribution < 1.29 is 23.1 Å². The van der Waals surface area contributed by atoms with Gasteiger partial charge < -0.3 is 9.84 Å². The summed E-state index contributed by atoms with van der Waals surface area (Å²) in [5.74, 6) is -1.06. The van der Waals surface area contributed by atoms with Crippen molar-refractivity contribution in [3.63, 3.8) is 0 Å². The van der Waals surface area contributed by atoms with Gasteiger partial charge in [0.2, 0.25) is 0 Å². The van der Waals surface area contributed by atoms with Crippen LogP contribution in [0.4, 0.5) is 5.69 Å². The van der Waals surface area contributed by atoms with E-state index in [1.807, 2.05) is 6.92 Å². The molecule has 0 bridgehead atoms. The fourth-order valence-electron chi connectivity index (χ4n) is 1.95. The molecule has 1 heterocycles.